The van der Waals surface area contributed by atoms with Crippen molar-refractivity contribution in [2.75, 3.05) is 26.3 Å². The molecule has 1 aliphatic heterocycles. The summed E-state index contributed by atoms with van der Waals surface area (Å²) in [5, 5.41) is 4.22. The average molecular weight is 388 g/mol. The predicted molar refractivity (Wildman–Crippen MR) is 86.1 cm³/mol. The Kier molecular flexibility index (Phi) is 5.12. The molecule has 7 nitrogen and oxygen atoms in total. The van der Waals surface area contributed by atoms with Gasteiger partial charge in [0.1, 0.15) is 0 Å². The minimum absolute atomic E-state index is 0. The van der Waals surface area contributed by atoms with Gasteiger partial charge >= 0.3 is 0 Å². The molecule has 0 saturated carbocycles. The van der Waals surface area contributed by atoms with Gasteiger partial charge in [0.25, 0.3) is 0 Å². The molecule has 0 radical (unpaired) electrons. The molecule has 20 heavy (non-hydrogen) atoms. The first-order valence-corrected chi connectivity index (χ1v) is 6.25. The minimum Gasteiger partial charge on any atom is -0.378 e. The van der Waals surface area contributed by atoms with Crippen LogP contribution >= 0.6 is 24.0 Å². The highest BCUT2D eigenvalue weighted by Gasteiger charge is 2.12. The maximum Gasteiger partial charge on any atom is 0.191 e. The van der Waals surface area contributed by atoms with Crippen molar-refractivity contribution in [3.63, 3.8) is 0 Å². The van der Waals surface area contributed by atoms with E-state index in [1.807, 2.05) is 17.0 Å². The van der Waals surface area contributed by atoms with Gasteiger partial charge in [-0.3, -0.25) is 0 Å². The van der Waals surface area contributed by atoms with Crippen LogP contribution in [0.2, 0.25) is 0 Å². The maximum atomic E-state index is 5.99. The fourth-order valence-electron chi connectivity index (χ4n) is 2.06. The molecule has 0 spiro atoms. The van der Waals surface area contributed by atoms with E-state index in [1.165, 1.54) is 0 Å². The van der Waals surface area contributed by atoms with Gasteiger partial charge < -0.3 is 15.4 Å². The smallest absolute Gasteiger partial charge is 0.191 e. The van der Waals surface area contributed by atoms with Crippen molar-refractivity contribution < 1.29 is 4.74 Å². The van der Waals surface area contributed by atoms with Gasteiger partial charge in [0, 0.05) is 25.4 Å². The second-order valence-corrected chi connectivity index (χ2v) is 4.31. The van der Waals surface area contributed by atoms with E-state index in [0.29, 0.717) is 25.7 Å². The second kappa shape index (κ2) is 6.84. The summed E-state index contributed by atoms with van der Waals surface area (Å²) < 4.78 is 7.06. The Balaban J connectivity index is 0.00000147. The van der Waals surface area contributed by atoms with Gasteiger partial charge in [-0.05, 0) is 6.07 Å². The Bertz CT molecular complexity index is 592. The number of fused-ring (bicyclic) bond motifs is 1. The summed E-state index contributed by atoms with van der Waals surface area (Å²) in [5.74, 6) is 0.556. The Morgan fingerprint density at radius 3 is 2.90 bits per heavy atom. The van der Waals surface area contributed by atoms with E-state index in [0.717, 1.165) is 24.4 Å². The van der Waals surface area contributed by atoms with Crippen molar-refractivity contribution in [2.45, 2.75) is 6.54 Å². The van der Waals surface area contributed by atoms with Gasteiger partial charge in [0.15, 0.2) is 11.6 Å². The van der Waals surface area contributed by atoms with Crippen LogP contribution in [0.5, 0.6) is 0 Å². The number of guanidine groups is 1. The molecular formula is C12H17IN6O. The SMILES string of the molecule is I.NC(=NCc1ccnc2ccnn12)N1CCOCC1. The number of hydrogen-bond donors (Lipinski definition) is 1. The van der Waals surface area contributed by atoms with Gasteiger partial charge in [-0.2, -0.15) is 5.10 Å². The zero-order valence-corrected chi connectivity index (χ0v) is 13.3. The number of hydrogen-bond acceptors (Lipinski definition) is 4. The molecule has 3 heterocycles. The molecule has 2 aromatic rings. The molecule has 0 atom stereocenters. The minimum atomic E-state index is 0. The molecule has 2 aromatic heterocycles. The fraction of sp³-hybridized carbons (Fsp3) is 0.417. The van der Waals surface area contributed by atoms with Crippen molar-refractivity contribution in [3.8, 4) is 0 Å². The van der Waals surface area contributed by atoms with Gasteiger partial charge in [-0.1, -0.05) is 0 Å². The third-order valence-corrected chi connectivity index (χ3v) is 3.11. The molecule has 1 aliphatic rings. The molecule has 3 rings (SSSR count). The van der Waals surface area contributed by atoms with Gasteiger partial charge in [-0.25, -0.2) is 14.5 Å². The lowest BCUT2D eigenvalue weighted by Gasteiger charge is -2.27. The highest BCUT2D eigenvalue weighted by atomic mass is 127. The van der Waals surface area contributed by atoms with Crippen LogP contribution in [0.15, 0.2) is 29.5 Å². The lowest BCUT2D eigenvalue weighted by molar-refractivity contribution is 0.0674. The van der Waals surface area contributed by atoms with Crippen molar-refractivity contribution in [3.05, 3.63) is 30.2 Å². The number of morpholine rings is 1. The normalized spacial score (nSPS) is 16.2. The first-order valence-electron chi connectivity index (χ1n) is 6.25. The number of nitrogens with two attached hydrogens (primary N) is 1. The van der Waals surface area contributed by atoms with E-state index in [1.54, 1.807) is 16.9 Å². The summed E-state index contributed by atoms with van der Waals surface area (Å²) in [5.41, 5.74) is 7.77. The van der Waals surface area contributed by atoms with Crippen molar-refractivity contribution in [2.24, 2.45) is 10.7 Å². The van der Waals surface area contributed by atoms with E-state index in [4.69, 9.17) is 10.5 Å². The Labute approximate surface area is 133 Å². The number of rotatable bonds is 2. The first-order chi connectivity index (χ1) is 9.34. The number of aliphatic imine (C=N–C) groups is 1. The summed E-state index contributed by atoms with van der Waals surface area (Å²) in [6, 6.07) is 3.76. The van der Waals surface area contributed by atoms with E-state index in [9.17, 15) is 0 Å². The highest BCUT2D eigenvalue weighted by Crippen LogP contribution is 2.05. The molecule has 8 heteroatoms. The lowest BCUT2D eigenvalue weighted by Crippen LogP contribution is -2.44. The van der Waals surface area contributed by atoms with E-state index in [-0.39, 0.29) is 24.0 Å². The van der Waals surface area contributed by atoms with Gasteiger partial charge in [-0.15, -0.1) is 24.0 Å². The van der Waals surface area contributed by atoms with E-state index < -0.39 is 0 Å². The van der Waals surface area contributed by atoms with Crippen molar-refractivity contribution in [1.82, 2.24) is 19.5 Å². The van der Waals surface area contributed by atoms with Crippen LogP contribution in [-0.4, -0.2) is 51.8 Å². The summed E-state index contributed by atoms with van der Waals surface area (Å²) in [7, 11) is 0. The van der Waals surface area contributed by atoms with Crippen LogP contribution in [0.4, 0.5) is 0 Å². The molecule has 0 aromatic carbocycles. The number of nitrogens with zero attached hydrogens (tertiary/aromatic N) is 5. The monoisotopic (exact) mass is 388 g/mol. The van der Waals surface area contributed by atoms with Crippen LogP contribution in [0.3, 0.4) is 0 Å². The fourth-order valence-corrected chi connectivity index (χ4v) is 2.06. The Morgan fingerprint density at radius 2 is 2.10 bits per heavy atom. The van der Waals surface area contributed by atoms with Crippen LogP contribution in [0, 0.1) is 0 Å². The number of halogens is 1. The number of ether oxygens (including phenoxy) is 1. The number of aromatic nitrogens is 3. The maximum absolute atomic E-state index is 5.99. The first kappa shape index (κ1) is 15.0. The van der Waals surface area contributed by atoms with Crippen LogP contribution < -0.4 is 5.73 Å². The molecule has 108 valence electrons. The molecule has 2 N–H and O–H groups in total. The van der Waals surface area contributed by atoms with Crippen LogP contribution in [0.1, 0.15) is 5.69 Å². The standard InChI is InChI=1S/C12H16N6O.HI/c13-12(17-5-7-19-8-6-17)15-9-10-1-3-14-11-2-4-16-18(10)11;/h1-4H,5-9H2,(H2,13,15);1H. The zero-order valence-electron chi connectivity index (χ0n) is 11.0. The quantitative estimate of drug-likeness (QED) is 0.460. The van der Waals surface area contributed by atoms with E-state index in [2.05, 4.69) is 15.1 Å². The van der Waals surface area contributed by atoms with E-state index >= 15 is 0 Å². The van der Waals surface area contributed by atoms with Crippen LogP contribution in [-0.2, 0) is 11.3 Å². The molecular weight excluding hydrogens is 371 g/mol. The molecule has 1 saturated heterocycles. The predicted octanol–water partition coefficient (Wildman–Crippen LogP) is 0.494. The summed E-state index contributed by atoms with van der Waals surface area (Å²) in [4.78, 5) is 10.7. The zero-order chi connectivity index (χ0) is 13.1. The molecule has 0 unspecified atom stereocenters. The third-order valence-electron chi connectivity index (χ3n) is 3.11. The van der Waals surface area contributed by atoms with Gasteiger partial charge in [0.2, 0.25) is 0 Å². The molecule has 0 amide bonds. The third kappa shape index (κ3) is 3.18. The highest BCUT2D eigenvalue weighted by molar-refractivity contribution is 14.0. The Hall–Kier alpha value is -1.42. The molecule has 0 bridgehead atoms. The van der Waals surface area contributed by atoms with Crippen molar-refractivity contribution in [1.29, 1.82) is 0 Å². The summed E-state index contributed by atoms with van der Waals surface area (Å²) >= 11 is 0. The van der Waals surface area contributed by atoms with Crippen molar-refractivity contribution >= 4 is 35.6 Å². The summed E-state index contributed by atoms with van der Waals surface area (Å²) in [6.45, 7) is 3.49. The van der Waals surface area contributed by atoms with Gasteiger partial charge in [0.05, 0.1) is 31.6 Å². The Morgan fingerprint density at radius 1 is 1.30 bits per heavy atom. The van der Waals surface area contributed by atoms with Crippen LogP contribution in [0.25, 0.3) is 5.65 Å². The molecule has 0 aliphatic carbocycles. The topological polar surface area (TPSA) is 81.0 Å². The largest absolute Gasteiger partial charge is 0.378 e. The lowest BCUT2D eigenvalue weighted by atomic mass is 10.4. The second-order valence-electron chi connectivity index (χ2n) is 4.31. The molecule has 1 fully saturated rings. The average Bonchev–Trinajstić information content (AvgIpc) is 2.94. The summed E-state index contributed by atoms with van der Waals surface area (Å²) in [6.07, 6.45) is 3.48.